The number of nitrogens with zero attached hydrogens (tertiary/aromatic N) is 4. The minimum absolute atomic E-state index is 0.0667. The molecule has 4 fully saturated rings. The van der Waals surface area contributed by atoms with Gasteiger partial charge in [0, 0.05) is 12.2 Å². The number of H-pyrrole nitrogens is 2. The molecule has 0 aliphatic carbocycles. The largest absolute Gasteiger partial charge is 0.360 e. The SMILES string of the molecule is Fc1cc(N2[C@@H](c3ccc4nc([C@@H]5CCCN5)[nH]c4c3)CC[C@@H]2c2ccc3nc([C@@H]4CCCN4)[nH]c3c2)cc(F)c1N1CCCC[C@H]1c1ccccc1. The molecule has 6 aromatic rings. The van der Waals surface area contributed by atoms with E-state index in [4.69, 9.17) is 9.97 Å². The lowest BCUT2D eigenvalue weighted by Crippen LogP contribution is -2.35. The maximum atomic E-state index is 16.7. The maximum Gasteiger partial charge on any atom is 0.151 e. The van der Waals surface area contributed by atoms with Gasteiger partial charge in [-0.15, -0.1) is 0 Å². The van der Waals surface area contributed by atoms with Crippen molar-refractivity contribution in [2.45, 2.75) is 88.0 Å². The second kappa shape index (κ2) is 13.6. The van der Waals surface area contributed by atoms with E-state index in [0.29, 0.717) is 12.2 Å². The third kappa shape index (κ3) is 5.96. The molecule has 0 spiro atoms. The number of hydrogen-bond acceptors (Lipinski definition) is 6. The van der Waals surface area contributed by atoms with Crippen LogP contribution in [0.4, 0.5) is 20.2 Å². The standard InChI is InChI=1S/C43H46F2N8/c44-30-24-29(25-31(45)41(30)52-21-5-4-12-38(52)26-8-2-1-3-9-26)53-39(27-13-15-32-36(22-27)50-42(48-32)34-10-6-19-46-34)17-18-40(53)28-14-16-33-37(23-28)51-43(49-33)35-11-7-20-47-35/h1-3,8-9,13-16,22-25,34-35,38-40,46-47H,4-7,10-12,17-21H2,(H,48,50)(H,49,51)/t34-,35-,38-,39+,40+/m0/s1. The number of benzene rings is 4. The molecule has 0 amide bonds. The Labute approximate surface area is 308 Å². The molecule has 10 rings (SSSR count). The molecule has 0 bridgehead atoms. The molecular weight excluding hydrogens is 667 g/mol. The lowest BCUT2D eigenvalue weighted by atomic mass is 9.94. The molecule has 0 radical (unpaired) electrons. The molecule has 53 heavy (non-hydrogen) atoms. The number of aromatic nitrogens is 4. The number of imidazole rings is 2. The number of anilines is 2. The smallest absolute Gasteiger partial charge is 0.151 e. The van der Waals surface area contributed by atoms with Gasteiger partial charge in [-0.05, 0) is 124 Å². The lowest BCUT2D eigenvalue weighted by Gasteiger charge is -2.39. The first-order valence-electron chi connectivity index (χ1n) is 19.6. The Balaban J connectivity index is 1.04. The van der Waals surface area contributed by atoms with Crippen LogP contribution in [0.2, 0.25) is 0 Å². The van der Waals surface area contributed by atoms with E-state index in [2.05, 4.69) is 74.0 Å². The summed E-state index contributed by atoms with van der Waals surface area (Å²) < 4.78 is 33.3. The lowest BCUT2D eigenvalue weighted by molar-refractivity contribution is 0.454. The van der Waals surface area contributed by atoms with E-state index >= 15 is 8.78 Å². The first-order valence-corrected chi connectivity index (χ1v) is 19.6. The van der Waals surface area contributed by atoms with Gasteiger partial charge in [-0.1, -0.05) is 42.5 Å². The molecule has 0 unspecified atom stereocenters. The third-order valence-electron chi connectivity index (χ3n) is 12.3. The van der Waals surface area contributed by atoms with Gasteiger partial charge in [0.25, 0.3) is 0 Å². The highest BCUT2D eigenvalue weighted by Crippen LogP contribution is 2.49. The van der Waals surface area contributed by atoms with Crippen LogP contribution < -0.4 is 20.4 Å². The fraction of sp³-hybridized carbons (Fsp3) is 0.395. The van der Waals surface area contributed by atoms with Crippen LogP contribution in [0.5, 0.6) is 0 Å². The average molecular weight is 713 g/mol. The second-order valence-electron chi connectivity index (χ2n) is 15.5. The molecule has 4 aliphatic rings. The summed E-state index contributed by atoms with van der Waals surface area (Å²) in [6.07, 6.45) is 8.91. The highest BCUT2D eigenvalue weighted by molar-refractivity contribution is 5.78. The molecule has 4 aliphatic heterocycles. The summed E-state index contributed by atoms with van der Waals surface area (Å²) in [6, 6.07) is 26.4. The predicted octanol–water partition coefficient (Wildman–Crippen LogP) is 9.38. The highest BCUT2D eigenvalue weighted by Gasteiger charge is 2.38. The Morgan fingerprint density at radius 2 is 1.15 bits per heavy atom. The van der Waals surface area contributed by atoms with Crippen molar-refractivity contribution < 1.29 is 8.78 Å². The highest BCUT2D eigenvalue weighted by atomic mass is 19.1. The quantitative estimate of drug-likeness (QED) is 0.132. The van der Waals surface area contributed by atoms with Crippen LogP contribution in [0.25, 0.3) is 22.1 Å². The molecule has 4 aromatic carbocycles. The molecule has 6 heterocycles. The molecule has 272 valence electrons. The van der Waals surface area contributed by atoms with Crippen LogP contribution in [0.15, 0.2) is 78.9 Å². The number of fused-ring (bicyclic) bond motifs is 2. The number of nitrogens with one attached hydrogen (secondary N) is 4. The van der Waals surface area contributed by atoms with Gasteiger partial charge in [0.2, 0.25) is 0 Å². The Kier molecular flexibility index (Phi) is 8.40. The van der Waals surface area contributed by atoms with Crippen molar-refractivity contribution in [3.05, 3.63) is 119 Å². The first kappa shape index (κ1) is 32.8. The fourth-order valence-corrected chi connectivity index (χ4v) is 9.70. The number of aromatic amines is 2. The van der Waals surface area contributed by atoms with E-state index in [9.17, 15) is 0 Å². The number of rotatable bonds is 7. The van der Waals surface area contributed by atoms with E-state index < -0.39 is 11.6 Å². The number of piperidine rings is 1. The summed E-state index contributed by atoms with van der Waals surface area (Å²) in [5.74, 6) is 0.926. The summed E-state index contributed by atoms with van der Waals surface area (Å²) in [6.45, 7) is 2.63. The Hall–Kier alpha value is -4.80. The van der Waals surface area contributed by atoms with Crippen molar-refractivity contribution in [3.63, 3.8) is 0 Å². The summed E-state index contributed by atoms with van der Waals surface area (Å²) in [5.41, 5.74) is 7.81. The van der Waals surface area contributed by atoms with Gasteiger partial charge in [0.1, 0.15) is 17.3 Å². The molecule has 4 saturated heterocycles. The molecule has 10 heteroatoms. The first-order chi connectivity index (χ1) is 26.1. The fourth-order valence-electron chi connectivity index (χ4n) is 9.70. The van der Waals surface area contributed by atoms with Crippen LogP contribution in [0, 0.1) is 11.6 Å². The van der Waals surface area contributed by atoms with Crippen molar-refractivity contribution in [3.8, 4) is 0 Å². The van der Waals surface area contributed by atoms with Crippen molar-refractivity contribution in [1.82, 2.24) is 30.6 Å². The van der Waals surface area contributed by atoms with Crippen LogP contribution in [-0.4, -0.2) is 39.6 Å². The Morgan fingerprint density at radius 1 is 0.566 bits per heavy atom. The normalized spacial score (nSPS) is 25.0. The van der Waals surface area contributed by atoms with Gasteiger partial charge in [-0.2, -0.15) is 0 Å². The van der Waals surface area contributed by atoms with Crippen molar-refractivity contribution in [2.24, 2.45) is 0 Å². The topological polar surface area (TPSA) is 87.9 Å². The molecule has 0 saturated carbocycles. The van der Waals surface area contributed by atoms with Gasteiger partial charge < -0.3 is 30.4 Å². The minimum atomic E-state index is -0.511. The van der Waals surface area contributed by atoms with Gasteiger partial charge >= 0.3 is 0 Å². The average Bonchev–Trinajstić information content (AvgIpc) is 4.03. The predicted molar refractivity (Wildman–Crippen MR) is 206 cm³/mol. The molecule has 5 atom stereocenters. The summed E-state index contributed by atoms with van der Waals surface area (Å²) >= 11 is 0. The molecule has 8 nitrogen and oxygen atoms in total. The van der Waals surface area contributed by atoms with Crippen LogP contribution in [0.3, 0.4) is 0 Å². The third-order valence-corrected chi connectivity index (χ3v) is 12.3. The summed E-state index contributed by atoms with van der Waals surface area (Å²) in [5, 5.41) is 7.10. The van der Waals surface area contributed by atoms with Crippen molar-refractivity contribution in [2.75, 3.05) is 29.4 Å². The van der Waals surface area contributed by atoms with E-state index in [1.54, 1.807) is 12.1 Å². The van der Waals surface area contributed by atoms with E-state index in [1.165, 1.54) is 0 Å². The maximum absolute atomic E-state index is 16.7. The number of hydrogen-bond donors (Lipinski definition) is 4. The van der Waals surface area contributed by atoms with Gasteiger partial charge in [0.05, 0.1) is 52.3 Å². The van der Waals surface area contributed by atoms with Gasteiger partial charge in [-0.3, -0.25) is 0 Å². The monoisotopic (exact) mass is 712 g/mol. The van der Waals surface area contributed by atoms with Gasteiger partial charge in [0.15, 0.2) is 11.6 Å². The van der Waals surface area contributed by atoms with Crippen LogP contribution in [0.1, 0.15) is 116 Å². The zero-order chi connectivity index (χ0) is 35.5. The second-order valence-corrected chi connectivity index (χ2v) is 15.5. The Morgan fingerprint density at radius 3 is 1.70 bits per heavy atom. The zero-order valence-electron chi connectivity index (χ0n) is 29.9. The van der Waals surface area contributed by atoms with E-state index in [0.717, 1.165) is 121 Å². The Bertz CT molecular complexity index is 2130. The van der Waals surface area contributed by atoms with Crippen molar-refractivity contribution in [1.29, 1.82) is 0 Å². The summed E-state index contributed by atoms with van der Waals surface area (Å²) in [4.78, 5) is 21.2. The minimum Gasteiger partial charge on any atom is -0.360 e. The molecule has 2 aromatic heterocycles. The van der Waals surface area contributed by atoms with E-state index in [-0.39, 0.29) is 35.9 Å². The number of halogens is 2. The zero-order valence-corrected chi connectivity index (χ0v) is 29.9. The van der Waals surface area contributed by atoms with Crippen LogP contribution in [-0.2, 0) is 0 Å². The van der Waals surface area contributed by atoms with E-state index in [1.807, 2.05) is 23.1 Å². The van der Waals surface area contributed by atoms with Crippen LogP contribution >= 0.6 is 0 Å². The molecular formula is C43H46F2N8. The van der Waals surface area contributed by atoms with Crippen molar-refractivity contribution >= 4 is 33.4 Å². The summed E-state index contributed by atoms with van der Waals surface area (Å²) in [7, 11) is 0. The van der Waals surface area contributed by atoms with Gasteiger partial charge in [-0.25, -0.2) is 18.7 Å². The molecule has 4 N–H and O–H groups in total.